The number of carbonyl (C=O) groups excluding carboxylic acids is 2. The highest BCUT2D eigenvalue weighted by atomic mass is 32.2. The lowest BCUT2D eigenvalue weighted by molar-refractivity contribution is -0.121. The first kappa shape index (κ1) is 20.3. The van der Waals surface area contributed by atoms with Crippen molar-refractivity contribution >= 4 is 44.9 Å². The van der Waals surface area contributed by atoms with Crippen molar-refractivity contribution < 1.29 is 22.7 Å². The fourth-order valence-corrected chi connectivity index (χ4v) is 3.18. The number of anilines is 1. The molecule has 0 radical (unpaired) electrons. The molecule has 10 heteroatoms. The lowest BCUT2D eigenvalue weighted by atomic mass is 10.3. The van der Waals surface area contributed by atoms with E-state index >= 15 is 0 Å². The molecule has 0 heterocycles. The molecule has 2 aromatic carbocycles. The number of thiocarbonyl (C=S) groups is 1. The largest absolute Gasteiger partial charge is 0.484 e. The zero-order chi connectivity index (χ0) is 19.9. The van der Waals surface area contributed by atoms with Gasteiger partial charge in [-0.2, -0.15) is 0 Å². The summed E-state index contributed by atoms with van der Waals surface area (Å²) in [6.07, 6.45) is 0. The summed E-state index contributed by atoms with van der Waals surface area (Å²) in [5, 5.41) is 5.24. The second kappa shape index (κ2) is 9.10. The molecular weight excluding hydrogens is 390 g/mol. The molecular formula is C17H17N3O5S2. The number of hydrogen-bond donors (Lipinski definition) is 3. The van der Waals surface area contributed by atoms with Gasteiger partial charge in [-0.05, 0) is 48.6 Å². The summed E-state index contributed by atoms with van der Waals surface area (Å²) < 4.78 is 30.9. The first-order valence-corrected chi connectivity index (χ1v) is 9.57. The minimum absolute atomic E-state index is 0.0362. The fourth-order valence-electron chi connectivity index (χ4n) is 1.96. The summed E-state index contributed by atoms with van der Waals surface area (Å²) in [7, 11) is -3.90. The van der Waals surface area contributed by atoms with Crippen LogP contribution >= 0.6 is 12.2 Å². The van der Waals surface area contributed by atoms with Crippen LogP contribution in [0, 0.1) is 0 Å². The van der Waals surface area contributed by atoms with Crippen molar-refractivity contribution in [3.8, 4) is 5.75 Å². The Labute approximate surface area is 162 Å². The highest BCUT2D eigenvalue weighted by Crippen LogP contribution is 2.14. The zero-order valence-electron chi connectivity index (χ0n) is 14.3. The van der Waals surface area contributed by atoms with Crippen LogP contribution < -0.4 is 20.1 Å². The van der Waals surface area contributed by atoms with Gasteiger partial charge in [0.1, 0.15) is 5.75 Å². The van der Waals surface area contributed by atoms with Crippen LogP contribution in [0.5, 0.6) is 5.75 Å². The molecule has 142 valence electrons. The van der Waals surface area contributed by atoms with Crippen molar-refractivity contribution in [3.05, 3.63) is 54.6 Å². The molecule has 0 fully saturated rings. The van der Waals surface area contributed by atoms with Gasteiger partial charge in [0, 0.05) is 12.6 Å². The standard InChI is InChI=1S/C17H17N3O5S2/c1-12(21)20-27(23,24)15-9-7-13(8-10-15)18-17(26)19-16(22)11-25-14-5-3-2-4-6-14/h2-10H,11H2,1H3,(H,20,21)(H2,18,19,22,26). The van der Waals surface area contributed by atoms with Crippen LogP contribution in [0.15, 0.2) is 59.5 Å². The quantitative estimate of drug-likeness (QED) is 0.620. The van der Waals surface area contributed by atoms with Crippen molar-refractivity contribution in [1.82, 2.24) is 10.0 Å². The SMILES string of the molecule is CC(=O)NS(=O)(=O)c1ccc(NC(=S)NC(=O)COc2ccccc2)cc1. The number of para-hydroxylation sites is 1. The maximum absolute atomic E-state index is 11.9. The van der Waals surface area contributed by atoms with E-state index in [0.29, 0.717) is 11.4 Å². The number of hydrogen-bond acceptors (Lipinski definition) is 6. The Hall–Kier alpha value is -2.98. The number of benzene rings is 2. The first-order valence-electron chi connectivity index (χ1n) is 7.68. The molecule has 2 rings (SSSR count). The van der Waals surface area contributed by atoms with Crippen molar-refractivity contribution in [2.75, 3.05) is 11.9 Å². The molecule has 0 aliphatic carbocycles. The Morgan fingerprint density at radius 3 is 2.26 bits per heavy atom. The molecule has 2 amide bonds. The Bertz CT molecular complexity index is 929. The Morgan fingerprint density at radius 2 is 1.67 bits per heavy atom. The molecule has 2 aromatic rings. The minimum atomic E-state index is -3.90. The van der Waals surface area contributed by atoms with Gasteiger partial charge in [-0.15, -0.1) is 0 Å². The second-order valence-electron chi connectivity index (χ2n) is 5.29. The second-order valence-corrected chi connectivity index (χ2v) is 7.38. The third kappa shape index (κ3) is 6.68. The van der Waals surface area contributed by atoms with E-state index in [1.54, 1.807) is 24.3 Å². The average molecular weight is 407 g/mol. The van der Waals surface area contributed by atoms with E-state index in [1.807, 2.05) is 10.8 Å². The molecule has 0 atom stereocenters. The predicted octanol–water partition coefficient (Wildman–Crippen LogP) is 1.40. The highest BCUT2D eigenvalue weighted by Gasteiger charge is 2.15. The molecule has 0 saturated heterocycles. The smallest absolute Gasteiger partial charge is 0.264 e. The van der Waals surface area contributed by atoms with Crippen molar-refractivity contribution in [1.29, 1.82) is 0 Å². The van der Waals surface area contributed by atoms with Crippen LogP contribution in [0.2, 0.25) is 0 Å². The molecule has 3 N–H and O–H groups in total. The van der Waals surface area contributed by atoms with Crippen LogP contribution in [0.25, 0.3) is 0 Å². The maximum Gasteiger partial charge on any atom is 0.264 e. The summed E-state index contributed by atoms with van der Waals surface area (Å²) in [6.45, 7) is 0.899. The maximum atomic E-state index is 11.9. The Morgan fingerprint density at radius 1 is 1.04 bits per heavy atom. The van der Waals surface area contributed by atoms with Gasteiger partial charge in [-0.25, -0.2) is 13.1 Å². The van der Waals surface area contributed by atoms with Gasteiger partial charge >= 0.3 is 0 Å². The van der Waals surface area contributed by atoms with E-state index in [1.165, 1.54) is 24.3 Å². The lowest BCUT2D eigenvalue weighted by Gasteiger charge is -2.11. The number of carbonyl (C=O) groups is 2. The summed E-state index contributed by atoms with van der Waals surface area (Å²) in [4.78, 5) is 22.7. The van der Waals surface area contributed by atoms with Crippen molar-refractivity contribution in [2.24, 2.45) is 0 Å². The predicted molar refractivity (Wildman–Crippen MR) is 104 cm³/mol. The molecule has 0 aromatic heterocycles. The van der Waals surface area contributed by atoms with Gasteiger partial charge < -0.3 is 10.1 Å². The number of ether oxygens (including phenoxy) is 1. The van der Waals surface area contributed by atoms with Gasteiger partial charge in [0.25, 0.3) is 15.9 Å². The van der Waals surface area contributed by atoms with Gasteiger partial charge in [-0.1, -0.05) is 18.2 Å². The summed E-state index contributed by atoms with van der Waals surface area (Å²) in [5.41, 5.74) is 0.464. The molecule has 0 aliphatic heterocycles. The van der Waals surface area contributed by atoms with Crippen LogP contribution in [0.3, 0.4) is 0 Å². The minimum Gasteiger partial charge on any atom is -0.484 e. The topological polar surface area (TPSA) is 114 Å². The molecule has 0 bridgehead atoms. The molecule has 27 heavy (non-hydrogen) atoms. The number of nitrogens with one attached hydrogen (secondary N) is 3. The number of sulfonamides is 1. The van der Waals surface area contributed by atoms with E-state index in [2.05, 4.69) is 10.6 Å². The zero-order valence-corrected chi connectivity index (χ0v) is 15.9. The van der Waals surface area contributed by atoms with Crippen LogP contribution in [-0.2, 0) is 19.6 Å². The van der Waals surface area contributed by atoms with Gasteiger partial charge in [-0.3, -0.25) is 14.9 Å². The van der Waals surface area contributed by atoms with E-state index in [0.717, 1.165) is 6.92 Å². The van der Waals surface area contributed by atoms with E-state index in [9.17, 15) is 18.0 Å². The van der Waals surface area contributed by atoms with Crippen molar-refractivity contribution in [3.63, 3.8) is 0 Å². The van der Waals surface area contributed by atoms with Crippen molar-refractivity contribution in [2.45, 2.75) is 11.8 Å². The molecule has 8 nitrogen and oxygen atoms in total. The van der Waals surface area contributed by atoms with Gasteiger partial charge in [0.2, 0.25) is 5.91 Å². The van der Waals surface area contributed by atoms with E-state index in [-0.39, 0.29) is 16.6 Å². The summed E-state index contributed by atoms with van der Waals surface area (Å²) in [5.74, 6) is -0.567. The Kier molecular flexibility index (Phi) is 6.85. The van der Waals surface area contributed by atoms with Crippen LogP contribution in [0.1, 0.15) is 6.92 Å². The fraction of sp³-hybridized carbons (Fsp3) is 0.118. The third-order valence-corrected chi connectivity index (χ3v) is 4.72. The van der Waals surface area contributed by atoms with Crippen LogP contribution in [-0.4, -0.2) is 32.0 Å². The third-order valence-electron chi connectivity index (χ3n) is 3.07. The van der Waals surface area contributed by atoms with Crippen LogP contribution in [0.4, 0.5) is 5.69 Å². The van der Waals surface area contributed by atoms with Gasteiger partial charge in [0.05, 0.1) is 4.90 Å². The highest BCUT2D eigenvalue weighted by molar-refractivity contribution is 7.90. The van der Waals surface area contributed by atoms with E-state index in [4.69, 9.17) is 17.0 Å². The lowest BCUT2D eigenvalue weighted by Crippen LogP contribution is -2.37. The number of amides is 2. The normalized spacial score (nSPS) is 10.6. The molecule has 0 saturated carbocycles. The average Bonchev–Trinajstić information content (AvgIpc) is 2.60. The summed E-state index contributed by atoms with van der Waals surface area (Å²) >= 11 is 5.03. The summed E-state index contributed by atoms with van der Waals surface area (Å²) in [6, 6.07) is 14.4. The first-order chi connectivity index (χ1) is 12.8. The number of rotatable bonds is 6. The monoisotopic (exact) mass is 407 g/mol. The Balaban J connectivity index is 1.86. The molecule has 0 unspecified atom stereocenters. The van der Waals surface area contributed by atoms with Gasteiger partial charge in [0.15, 0.2) is 11.7 Å². The molecule has 0 spiro atoms. The molecule has 0 aliphatic rings. The van der Waals surface area contributed by atoms with E-state index < -0.39 is 21.8 Å².